The number of oxime groups is 1. The van der Waals surface area contributed by atoms with Crippen LogP contribution in [0, 0.1) is 0 Å². The van der Waals surface area contributed by atoms with E-state index < -0.39 is 5.91 Å². The van der Waals surface area contributed by atoms with E-state index in [4.69, 9.17) is 9.57 Å². The van der Waals surface area contributed by atoms with E-state index in [1.165, 1.54) is 13.2 Å². The Morgan fingerprint density at radius 3 is 2.61 bits per heavy atom. The van der Waals surface area contributed by atoms with Crippen molar-refractivity contribution in [1.82, 2.24) is 10.5 Å². The van der Waals surface area contributed by atoms with Gasteiger partial charge in [0.2, 0.25) is 0 Å². The number of ether oxygens (including phenoxy) is 1. The molecule has 28 heavy (non-hydrogen) atoms. The molecular formula is C21H23N3O4. The van der Waals surface area contributed by atoms with Gasteiger partial charge in [0.05, 0.1) is 24.6 Å². The second-order valence-corrected chi connectivity index (χ2v) is 5.59. The first-order valence-corrected chi connectivity index (χ1v) is 8.68. The van der Waals surface area contributed by atoms with Gasteiger partial charge in [0, 0.05) is 11.1 Å². The number of hydroxylamine groups is 1. The monoisotopic (exact) mass is 381 g/mol. The number of nitrogens with zero attached hydrogens (tertiary/aromatic N) is 2. The second kappa shape index (κ2) is 10.0. The van der Waals surface area contributed by atoms with Gasteiger partial charge in [-0.3, -0.25) is 10.0 Å². The fourth-order valence-corrected chi connectivity index (χ4v) is 2.67. The maximum absolute atomic E-state index is 12.3. The van der Waals surface area contributed by atoms with Crippen LogP contribution in [0.15, 0.2) is 42.1 Å². The minimum Gasteiger partial charge on any atom is -0.494 e. The molecule has 0 unspecified atom stereocenters. The first-order chi connectivity index (χ1) is 13.6. The Bertz CT molecular complexity index is 903. The highest BCUT2D eigenvalue weighted by Crippen LogP contribution is 2.36. The molecule has 1 heterocycles. The molecule has 0 saturated heterocycles. The molecule has 2 rings (SSSR count). The predicted molar refractivity (Wildman–Crippen MR) is 109 cm³/mol. The van der Waals surface area contributed by atoms with Crippen molar-refractivity contribution in [3.05, 3.63) is 59.3 Å². The Hall–Kier alpha value is -3.45. The summed E-state index contributed by atoms with van der Waals surface area (Å²) in [5.74, 6) is -0.466. The van der Waals surface area contributed by atoms with Crippen LogP contribution in [0.2, 0.25) is 0 Å². The minimum absolute atomic E-state index is 0.153. The Morgan fingerprint density at radius 1 is 1.36 bits per heavy atom. The molecule has 146 valence electrons. The molecule has 1 aromatic carbocycles. The lowest BCUT2D eigenvalue weighted by molar-refractivity contribution is 0.0703. The van der Waals surface area contributed by atoms with E-state index in [0.29, 0.717) is 23.6 Å². The Labute approximate surface area is 164 Å². The minimum atomic E-state index is -0.707. The normalized spacial score (nSPS) is 11.0. The number of nitrogens with one attached hydrogen (secondary N) is 1. The average Bonchev–Trinajstić information content (AvgIpc) is 2.73. The quantitative estimate of drug-likeness (QED) is 0.411. The summed E-state index contributed by atoms with van der Waals surface area (Å²) in [6.07, 6.45) is 6.68. The highest BCUT2D eigenvalue weighted by atomic mass is 16.6. The number of hydrogen-bond donors (Lipinski definition) is 2. The maximum atomic E-state index is 12.3. The summed E-state index contributed by atoms with van der Waals surface area (Å²) in [6, 6.07) is 7.38. The van der Waals surface area contributed by atoms with Gasteiger partial charge in [-0.25, -0.2) is 10.5 Å². The van der Waals surface area contributed by atoms with Crippen molar-refractivity contribution in [2.45, 2.75) is 13.8 Å². The molecular weight excluding hydrogens is 358 g/mol. The lowest BCUT2D eigenvalue weighted by Crippen LogP contribution is -2.22. The first-order valence-electron chi connectivity index (χ1n) is 8.68. The Kier molecular flexibility index (Phi) is 7.47. The average molecular weight is 381 g/mol. The van der Waals surface area contributed by atoms with Crippen LogP contribution in [-0.2, 0) is 4.84 Å². The van der Waals surface area contributed by atoms with Crippen LogP contribution >= 0.6 is 0 Å². The van der Waals surface area contributed by atoms with Crippen LogP contribution < -0.4 is 10.2 Å². The molecule has 1 amide bonds. The summed E-state index contributed by atoms with van der Waals surface area (Å²) in [7, 11) is 1.44. The van der Waals surface area contributed by atoms with E-state index >= 15 is 0 Å². The third kappa shape index (κ3) is 4.44. The van der Waals surface area contributed by atoms with E-state index in [0.717, 1.165) is 11.1 Å². The van der Waals surface area contributed by atoms with Gasteiger partial charge in [0.15, 0.2) is 5.75 Å². The molecule has 0 aliphatic carbocycles. The summed E-state index contributed by atoms with van der Waals surface area (Å²) in [5, 5.41) is 13.0. The summed E-state index contributed by atoms with van der Waals surface area (Å²) in [6.45, 7) is 7.95. The number of pyridine rings is 1. The fourth-order valence-electron chi connectivity index (χ4n) is 2.67. The summed E-state index contributed by atoms with van der Waals surface area (Å²) >= 11 is 0. The Balaban J connectivity index is 2.67. The molecule has 0 aliphatic rings. The molecule has 7 heteroatoms. The predicted octanol–water partition coefficient (Wildman–Crippen LogP) is 3.92. The molecule has 2 aromatic rings. The number of carbonyl (C=O) groups excluding carboxylic acids is 1. The largest absolute Gasteiger partial charge is 0.494 e. The molecule has 0 atom stereocenters. The number of allylic oxidation sites excluding steroid dienone is 1. The zero-order valence-electron chi connectivity index (χ0n) is 16.1. The molecule has 1 aromatic heterocycles. The van der Waals surface area contributed by atoms with Crippen LogP contribution in [0.3, 0.4) is 0 Å². The summed E-state index contributed by atoms with van der Waals surface area (Å²) in [5.41, 5.74) is 4.87. The van der Waals surface area contributed by atoms with Crippen LogP contribution in [0.1, 0.15) is 41.0 Å². The number of amides is 1. The van der Waals surface area contributed by atoms with Crippen LogP contribution in [0.5, 0.6) is 5.75 Å². The highest BCUT2D eigenvalue weighted by molar-refractivity contribution is 6.02. The lowest BCUT2D eigenvalue weighted by atomic mass is 9.98. The van der Waals surface area contributed by atoms with Crippen molar-refractivity contribution in [2.75, 3.05) is 13.7 Å². The highest BCUT2D eigenvalue weighted by Gasteiger charge is 2.24. The van der Waals surface area contributed by atoms with Crippen molar-refractivity contribution >= 4 is 24.3 Å². The van der Waals surface area contributed by atoms with Crippen molar-refractivity contribution in [1.29, 1.82) is 0 Å². The van der Waals surface area contributed by atoms with Gasteiger partial charge in [0.25, 0.3) is 5.91 Å². The molecule has 0 spiro atoms. The third-order valence-electron chi connectivity index (χ3n) is 3.87. The molecule has 0 aliphatic heterocycles. The van der Waals surface area contributed by atoms with Gasteiger partial charge < -0.3 is 9.57 Å². The molecule has 7 nitrogen and oxygen atoms in total. The summed E-state index contributed by atoms with van der Waals surface area (Å²) in [4.78, 5) is 22.0. The number of rotatable bonds is 8. The van der Waals surface area contributed by atoms with Gasteiger partial charge >= 0.3 is 0 Å². The van der Waals surface area contributed by atoms with E-state index in [1.807, 2.05) is 38.1 Å². The number of hydrogen-bond acceptors (Lipinski definition) is 6. The van der Waals surface area contributed by atoms with Crippen molar-refractivity contribution in [3.8, 4) is 17.0 Å². The van der Waals surface area contributed by atoms with Gasteiger partial charge in [-0.15, -0.1) is 0 Å². The van der Waals surface area contributed by atoms with Crippen LogP contribution in [0.25, 0.3) is 23.4 Å². The number of methoxy groups -OCH3 is 1. The Morgan fingerprint density at radius 2 is 2.07 bits per heavy atom. The van der Waals surface area contributed by atoms with Crippen LogP contribution in [0.4, 0.5) is 0 Å². The summed E-state index contributed by atoms with van der Waals surface area (Å²) < 4.78 is 5.49. The van der Waals surface area contributed by atoms with E-state index in [1.54, 1.807) is 23.8 Å². The smallest absolute Gasteiger partial charge is 0.279 e. The molecule has 2 N–H and O–H groups in total. The second-order valence-electron chi connectivity index (χ2n) is 5.59. The van der Waals surface area contributed by atoms with E-state index in [-0.39, 0.29) is 11.3 Å². The lowest BCUT2D eigenvalue weighted by Gasteiger charge is -2.17. The fraction of sp³-hybridized carbons (Fsp3) is 0.190. The van der Waals surface area contributed by atoms with Gasteiger partial charge in [-0.2, -0.15) is 0 Å². The third-order valence-corrected chi connectivity index (χ3v) is 3.87. The van der Waals surface area contributed by atoms with E-state index in [2.05, 4.69) is 16.7 Å². The molecule has 0 radical (unpaired) electrons. The number of aromatic nitrogens is 1. The number of benzene rings is 1. The first kappa shape index (κ1) is 20.9. The SMILES string of the molecule is C=Cc1c(/C=C\C)nc(-c2ccc(/C=N/OCC)cc2)c(OC)c1C(=O)NO. The van der Waals surface area contributed by atoms with Gasteiger partial charge in [-0.1, -0.05) is 48.2 Å². The van der Waals surface area contributed by atoms with Crippen molar-refractivity contribution in [3.63, 3.8) is 0 Å². The molecule has 0 fully saturated rings. The topological polar surface area (TPSA) is 93.0 Å². The zero-order chi connectivity index (χ0) is 20.5. The molecule has 0 saturated carbocycles. The van der Waals surface area contributed by atoms with E-state index in [9.17, 15) is 10.0 Å². The molecule has 0 bridgehead atoms. The van der Waals surface area contributed by atoms with Crippen LogP contribution in [-0.4, -0.2) is 36.0 Å². The van der Waals surface area contributed by atoms with Crippen molar-refractivity contribution < 1.29 is 19.6 Å². The standard InChI is InChI=1S/C21H23N3O4/c1-5-8-17-16(6-2)18(21(25)24-26)20(27-4)19(23-17)15-11-9-14(10-12-15)13-22-28-7-3/h5-6,8-13,26H,2,7H2,1,3-4H3,(H,24,25)/b8-5-,22-13+. The number of carbonyl (C=O) groups is 1. The van der Waals surface area contributed by atoms with Gasteiger partial charge in [0.1, 0.15) is 12.3 Å². The maximum Gasteiger partial charge on any atom is 0.279 e. The zero-order valence-corrected chi connectivity index (χ0v) is 16.1. The van der Waals surface area contributed by atoms with Gasteiger partial charge in [-0.05, 0) is 25.5 Å². The van der Waals surface area contributed by atoms with Crippen molar-refractivity contribution in [2.24, 2.45) is 5.16 Å².